The molecule has 0 bridgehead atoms. The maximum atomic E-state index is 12.5. The second kappa shape index (κ2) is 7.01. The van der Waals surface area contributed by atoms with Crippen LogP contribution in [0.1, 0.15) is 24.6 Å². The number of nitrogens with zero attached hydrogens (tertiary/aromatic N) is 3. The van der Waals surface area contributed by atoms with Crippen LogP contribution in [0.15, 0.2) is 48.9 Å². The van der Waals surface area contributed by atoms with E-state index in [9.17, 15) is 4.79 Å². The van der Waals surface area contributed by atoms with E-state index < -0.39 is 0 Å². The van der Waals surface area contributed by atoms with Crippen molar-refractivity contribution in [3.05, 3.63) is 54.7 Å². The van der Waals surface area contributed by atoms with E-state index in [2.05, 4.69) is 44.2 Å². The number of hydrogen-bond donors (Lipinski definition) is 2. The second-order valence-corrected chi connectivity index (χ2v) is 6.56. The lowest BCUT2D eigenvalue weighted by molar-refractivity contribution is 0.178. The summed E-state index contributed by atoms with van der Waals surface area (Å²) < 4.78 is 2.18. The average molecular weight is 337 g/mol. The highest BCUT2D eigenvalue weighted by Crippen LogP contribution is 2.24. The van der Waals surface area contributed by atoms with Crippen LogP contribution in [0.5, 0.6) is 0 Å². The smallest absolute Gasteiger partial charge is 0.317 e. The molecule has 3 heterocycles. The number of urea groups is 1. The summed E-state index contributed by atoms with van der Waals surface area (Å²) in [5, 5.41) is 4.28. The van der Waals surface area contributed by atoms with E-state index in [4.69, 9.17) is 0 Å². The lowest BCUT2D eigenvalue weighted by Gasteiger charge is -2.31. The molecule has 3 aromatic rings. The number of H-pyrrole nitrogens is 1. The summed E-state index contributed by atoms with van der Waals surface area (Å²) in [4.78, 5) is 21.9. The van der Waals surface area contributed by atoms with E-state index >= 15 is 0 Å². The predicted molar refractivity (Wildman–Crippen MR) is 97.5 cm³/mol. The van der Waals surface area contributed by atoms with Gasteiger partial charge < -0.3 is 19.8 Å². The molecule has 6 nitrogen and oxygen atoms in total. The van der Waals surface area contributed by atoms with Gasteiger partial charge in [-0.15, -0.1) is 0 Å². The largest absolute Gasteiger partial charge is 0.348 e. The summed E-state index contributed by atoms with van der Waals surface area (Å²) in [7, 11) is 0. The zero-order valence-electron chi connectivity index (χ0n) is 14.2. The van der Waals surface area contributed by atoms with Crippen LogP contribution in [0.3, 0.4) is 0 Å². The van der Waals surface area contributed by atoms with Gasteiger partial charge in [0.2, 0.25) is 0 Å². The number of amides is 2. The molecule has 1 fully saturated rings. The highest BCUT2D eigenvalue weighted by Gasteiger charge is 2.25. The first-order chi connectivity index (χ1) is 12.3. The molecule has 0 saturated carbocycles. The van der Waals surface area contributed by atoms with E-state index in [0.717, 1.165) is 38.3 Å². The van der Waals surface area contributed by atoms with Gasteiger partial charge in [-0.2, -0.15) is 0 Å². The molecule has 1 aliphatic heterocycles. The van der Waals surface area contributed by atoms with Crippen LogP contribution in [0.25, 0.3) is 10.9 Å². The number of rotatable bonds is 4. The van der Waals surface area contributed by atoms with E-state index in [-0.39, 0.29) is 6.03 Å². The van der Waals surface area contributed by atoms with E-state index in [0.29, 0.717) is 12.5 Å². The number of nitrogens with one attached hydrogen (secondary N) is 2. The van der Waals surface area contributed by atoms with Crippen molar-refractivity contribution in [1.82, 2.24) is 24.8 Å². The molecule has 2 amide bonds. The molecule has 1 atom stereocenters. The zero-order chi connectivity index (χ0) is 17.1. The molecule has 1 saturated heterocycles. The van der Waals surface area contributed by atoms with Crippen LogP contribution < -0.4 is 5.32 Å². The Hall–Kier alpha value is -2.76. The van der Waals surface area contributed by atoms with Crippen molar-refractivity contribution in [2.75, 3.05) is 19.6 Å². The second-order valence-electron chi connectivity index (χ2n) is 6.56. The van der Waals surface area contributed by atoms with Crippen LogP contribution >= 0.6 is 0 Å². The minimum Gasteiger partial charge on any atom is -0.348 e. The number of benzene rings is 1. The number of aromatic amines is 1. The molecular weight excluding hydrogens is 314 g/mol. The van der Waals surface area contributed by atoms with Crippen molar-refractivity contribution in [3.63, 3.8) is 0 Å². The Morgan fingerprint density at radius 3 is 3.12 bits per heavy atom. The number of carbonyl (C=O) groups is 1. The van der Waals surface area contributed by atoms with Gasteiger partial charge in [0.05, 0.1) is 0 Å². The van der Waals surface area contributed by atoms with Crippen molar-refractivity contribution < 1.29 is 4.79 Å². The third kappa shape index (κ3) is 3.38. The third-order valence-corrected chi connectivity index (χ3v) is 4.92. The van der Waals surface area contributed by atoms with Crippen LogP contribution in [-0.2, 0) is 6.54 Å². The summed E-state index contributed by atoms with van der Waals surface area (Å²) in [6.45, 7) is 2.94. The topological polar surface area (TPSA) is 66.0 Å². The summed E-state index contributed by atoms with van der Waals surface area (Å²) >= 11 is 0. The molecule has 1 aromatic carbocycles. The first-order valence-corrected chi connectivity index (χ1v) is 8.87. The van der Waals surface area contributed by atoms with Gasteiger partial charge in [-0.25, -0.2) is 9.78 Å². The normalized spacial score (nSPS) is 17.8. The van der Waals surface area contributed by atoms with Gasteiger partial charge in [-0.05, 0) is 30.4 Å². The predicted octanol–water partition coefficient (Wildman–Crippen LogP) is 2.95. The maximum absolute atomic E-state index is 12.5. The molecule has 130 valence electrons. The Balaban J connectivity index is 1.31. The number of piperidine rings is 1. The Kier molecular flexibility index (Phi) is 4.41. The van der Waals surface area contributed by atoms with Crippen molar-refractivity contribution in [3.8, 4) is 0 Å². The molecule has 25 heavy (non-hydrogen) atoms. The Morgan fingerprint density at radius 1 is 1.32 bits per heavy atom. The number of carbonyl (C=O) groups excluding carboxylic acids is 1. The summed E-state index contributed by atoms with van der Waals surface area (Å²) in [6, 6.07) is 10.4. The zero-order valence-corrected chi connectivity index (χ0v) is 14.2. The maximum Gasteiger partial charge on any atom is 0.317 e. The van der Waals surface area contributed by atoms with Crippen molar-refractivity contribution in [1.29, 1.82) is 0 Å². The van der Waals surface area contributed by atoms with Crippen LogP contribution in [0.2, 0.25) is 0 Å². The number of imidazole rings is 1. The van der Waals surface area contributed by atoms with Crippen molar-refractivity contribution in [2.24, 2.45) is 0 Å². The summed E-state index contributed by atoms with van der Waals surface area (Å²) in [5.74, 6) is 1.29. The Morgan fingerprint density at radius 2 is 2.24 bits per heavy atom. The standard InChI is InChI=1S/C19H23N5O/c25-19(24-11-3-5-16(14-24)18-20-8-9-21-18)22-10-13-23-12-7-15-4-1-2-6-17(15)23/h1-2,4,6-9,12,16H,3,5,10-11,13-14H2,(H,20,21)(H,22,25). The fraction of sp³-hybridized carbons (Fsp3) is 0.368. The summed E-state index contributed by atoms with van der Waals surface area (Å²) in [5.41, 5.74) is 1.20. The minimum absolute atomic E-state index is 0.0210. The van der Waals surface area contributed by atoms with Crippen LogP contribution in [0, 0.1) is 0 Å². The van der Waals surface area contributed by atoms with E-state index in [1.165, 1.54) is 10.9 Å². The molecule has 1 unspecified atom stereocenters. The number of aromatic nitrogens is 3. The average Bonchev–Trinajstić information content (AvgIpc) is 3.32. The van der Waals surface area contributed by atoms with Gasteiger partial charge in [-0.3, -0.25) is 0 Å². The summed E-state index contributed by atoms with van der Waals surface area (Å²) in [6.07, 6.45) is 7.78. The highest BCUT2D eigenvalue weighted by molar-refractivity contribution is 5.80. The molecule has 2 aromatic heterocycles. The number of hydrogen-bond acceptors (Lipinski definition) is 2. The Bertz CT molecular complexity index is 839. The van der Waals surface area contributed by atoms with Crippen LogP contribution in [-0.4, -0.2) is 45.1 Å². The SMILES string of the molecule is O=C(NCCn1ccc2ccccc21)N1CCCC(c2ncc[nH]2)C1. The number of para-hydroxylation sites is 1. The van der Waals surface area contributed by atoms with Gasteiger partial charge in [0.1, 0.15) is 5.82 Å². The van der Waals surface area contributed by atoms with Gasteiger partial charge in [-0.1, -0.05) is 18.2 Å². The van der Waals surface area contributed by atoms with Gasteiger partial charge in [0.25, 0.3) is 0 Å². The van der Waals surface area contributed by atoms with Gasteiger partial charge >= 0.3 is 6.03 Å². The minimum atomic E-state index is 0.0210. The number of fused-ring (bicyclic) bond motifs is 1. The molecule has 1 aliphatic rings. The molecule has 2 N–H and O–H groups in total. The molecule has 0 aliphatic carbocycles. The lowest BCUT2D eigenvalue weighted by Crippen LogP contribution is -2.45. The van der Waals surface area contributed by atoms with Gasteiger partial charge in [0, 0.05) is 56.2 Å². The lowest BCUT2D eigenvalue weighted by atomic mass is 9.98. The van der Waals surface area contributed by atoms with E-state index in [1.807, 2.05) is 23.2 Å². The molecule has 4 rings (SSSR count). The third-order valence-electron chi connectivity index (χ3n) is 4.92. The van der Waals surface area contributed by atoms with Crippen molar-refractivity contribution >= 4 is 16.9 Å². The molecular formula is C19H23N5O. The first kappa shape index (κ1) is 15.7. The molecule has 6 heteroatoms. The fourth-order valence-corrected chi connectivity index (χ4v) is 3.62. The first-order valence-electron chi connectivity index (χ1n) is 8.87. The Labute approximate surface area is 146 Å². The molecule has 0 spiro atoms. The van der Waals surface area contributed by atoms with Gasteiger partial charge in [0.15, 0.2) is 0 Å². The monoisotopic (exact) mass is 337 g/mol. The van der Waals surface area contributed by atoms with Crippen molar-refractivity contribution in [2.45, 2.75) is 25.3 Å². The van der Waals surface area contributed by atoms with E-state index in [1.54, 1.807) is 6.20 Å². The highest BCUT2D eigenvalue weighted by atomic mass is 16.2. The van der Waals surface area contributed by atoms with Crippen LogP contribution in [0.4, 0.5) is 4.79 Å². The number of likely N-dealkylation sites (tertiary alicyclic amines) is 1. The molecule has 0 radical (unpaired) electrons. The fourth-order valence-electron chi connectivity index (χ4n) is 3.62. The quantitative estimate of drug-likeness (QED) is 0.769.